The molecule has 2 heteroatoms. The molecule has 1 aliphatic rings. The first-order chi connectivity index (χ1) is 20.5. The van der Waals surface area contributed by atoms with Gasteiger partial charge in [-0.05, 0) is 102 Å². The van der Waals surface area contributed by atoms with Crippen LogP contribution in [0.2, 0.25) is 0 Å². The van der Waals surface area contributed by atoms with Gasteiger partial charge in [-0.1, -0.05) is 99.3 Å². The third kappa shape index (κ3) is 4.86. The lowest BCUT2D eigenvalue weighted by Crippen LogP contribution is -2.19. The molecule has 0 saturated carbocycles. The normalized spacial score (nSPS) is 13.5. The third-order valence-corrected chi connectivity index (χ3v) is 8.13. The van der Waals surface area contributed by atoms with Crippen LogP contribution in [0, 0.1) is 0 Å². The summed E-state index contributed by atoms with van der Waals surface area (Å²) in [4.78, 5) is 4.62. The van der Waals surface area contributed by atoms with Crippen molar-refractivity contribution in [2.45, 2.75) is 26.2 Å². The molecular weight excluding hydrogens is 508 g/mol. The molecule has 0 aromatic heterocycles. The fourth-order valence-electron chi connectivity index (χ4n) is 6.05. The SMILES string of the molecule is C=C/C(=C\C=C/C)N(c1ccccc1)c1ccc2c(c1)C(C)(C)c1cc(N(c3ccccc3)c3ccccc3)ccc1-2. The molecule has 206 valence electrons. The van der Waals surface area contributed by atoms with Gasteiger partial charge in [-0.2, -0.15) is 0 Å². The number of para-hydroxylation sites is 3. The highest BCUT2D eigenvalue weighted by Gasteiger charge is 2.36. The minimum Gasteiger partial charge on any atom is -0.311 e. The maximum Gasteiger partial charge on any atom is 0.0465 e. The van der Waals surface area contributed by atoms with E-state index in [9.17, 15) is 0 Å². The Morgan fingerprint density at radius 3 is 1.57 bits per heavy atom. The monoisotopic (exact) mass is 544 g/mol. The summed E-state index contributed by atoms with van der Waals surface area (Å²) in [6, 6.07) is 45.5. The Labute approximate surface area is 250 Å². The van der Waals surface area contributed by atoms with Crippen LogP contribution in [0.3, 0.4) is 0 Å². The lowest BCUT2D eigenvalue weighted by Gasteiger charge is -2.29. The summed E-state index contributed by atoms with van der Waals surface area (Å²) in [5.74, 6) is 0. The van der Waals surface area contributed by atoms with Gasteiger partial charge in [0.05, 0.1) is 0 Å². The highest BCUT2D eigenvalue weighted by molar-refractivity contribution is 5.87. The van der Waals surface area contributed by atoms with Gasteiger partial charge in [-0.25, -0.2) is 0 Å². The van der Waals surface area contributed by atoms with Crippen molar-refractivity contribution in [3.05, 3.63) is 175 Å². The first-order valence-electron chi connectivity index (χ1n) is 14.5. The highest BCUT2D eigenvalue weighted by Crippen LogP contribution is 2.52. The van der Waals surface area contributed by atoms with Crippen LogP contribution < -0.4 is 9.80 Å². The van der Waals surface area contributed by atoms with Crippen LogP contribution in [-0.4, -0.2) is 0 Å². The number of benzene rings is 5. The van der Waals surface area contributed by atoms with Gasteiger partial charge in [0.2, 0.25) is 0 Å². The van der Waals surface area contributed by atoms with E-state index in [2.05, 4.69) is 170 Å². The van der Waals surface area contributed by atoms with Crippen LogP contribution >= 0.6 is 0 Å². The molecule has 0 heterocycles. The fraction of sp³-hybridized carbons (Fsp3) is 0.100. The Bertz CT molecular complexity index is 1720. The van der Waals surface area contributed by atoms with E-state index in [4.69, 9.17) is 0 Å². The molecule has 5 aromatic rings. The van der Waals surface area contributed by atoms with Gasteiger partial charge in [-0.3, -0.25) is 0 Å². The molecular formula is C40H36N2. The molecule has 1 aliphatic carbocycles. The Morgan fingerprint density at radius 1 is 0.595 bits per heavy atom. The number of nitrogens with zero attached hydrogens (tertiary/aromatic N) is 2. The topological polar surface area (TPSA) is 6.48 Å². The largest absolute Gasteiger partial charge is 0.311 e. The second-order valence-electron chi connectivity index (χ2n) is 11.1. The molecule has 6 rings (SSSR count). The van der Waals surface area contributed by atoms with Crippen molar-refractivity contribution in [2.75, 3.05) is 9.80 Å². The maximum atomic E-state index is 4.15. The smallest absolute Gasteiger partial charge is 0.0465 e. The Balaban J connectivity index is 1.47. The summed E-state index contributed by atoms with van der Waals surface area (Å²) in [5.41, 5.74) is 11.8. The van der Waals surface area contributed by atoms with E-state index in [0.717, 1.165) is 34.1 Å². The summed E-state index contributed by atoms with van der Waals surface area (Å²) in [6.07, 6.45) is 8.14. The van der Waals surface area contributed by atoms with Crippen LogP contribution in [0.25, 0.3) is 11.1 Å². The van der Waals surface area contributed by atoms with Gasteiger partial charge in [0.1, 0.15) is 0 Å². The molecule has 0 amide bonds. The van der Waals surface area contributed by atoms with Crippen LogP contribution in [0.1, 0.15) is 31.9 Å². The number of hydrogen-bond acceptors (Lipinski definition) is 2. The number of hydrogen-bond donors (Lipinski definition) is 0. The van der Waals surface area contributed by atoms with E-state index in [1.165, 1.54) is 22.3 Å². The third-order valence-electron chi connectivity index (χ3n) is 8.13. The first kappa shape index (κ1) is 27.1. The summed E-state index contributed by atoms with van der Waals surface area (Å²) < 4.78 is 0. The number of anilines is 5. The van der Waals surface area contributed by atoms with Gasteiger partial charge in [0, 0.05) is 39.5 Å². The average molecular weight is 545 g/mol. The second kappa shape index (κ2) is 11.4. The van der Waals surface area contributed by atoms with Crippen molar-refractivity contribution in [1.29, 1.82) is 0 Å². The zero-order valence-corrected chi connectivity index (χ0v) is 24.5. The van der Waals surface area contributed by atoms with E-state index < -0.39 is 0 Å². The average Bonchev–Trinajstić information content (AvgIpc) is 3.26. The van der Waals surface area contributed by atoms with Crippen molar-refractivity contribution in [1.82, 2.24) is 0 Å². The summed E-state index contributed by atoms with van der Waals surface area (Å²) in [7, 11) is 0. The molecule has 0 saturated heterocycles. The molecule has 0 spiro atoms. The second-order valence-corrected chi connectivity index (χ2v) is 11.1. The van der Waals surface area contributed by atoms with Crippen LogP contribution in [-0.2, 0) is 5.41 Å². The quantitative estimate of drug-likeness (QED) is 0.179. The standard InChI is InChI=1S/C40H36N2/c1-5-7-17-30(6-2)41(31-18-11-8-12-19-31)34-24-26-36-37-27-25-35(29-39(37)40(3,4)38(36)28-34)42(32-20-13-9-14-21-32)33-22-15-10-16-23-33/h5-29H,2H2,1,3-4H3/b7-5-,30-17+. The predicted octanol–water partition coefficient (Wildman–Crippen LogP) is 11.2. The van der Waals surface area contributed by atoms with E-state index >= 15 is 0 Å². The minimum absolute atomic E-state index is 0.181. The van der Waals surface area contributed by atoms with Gasteiger partial charge in [-0.15, -0.1) is 0 Å². The molecule has 0 fully saturated rings. The summed E-state index contributed by atoms with van der Waals surface area (Å²) >= 11 is 0. The van der Waals surface area contributed by atoms with Crippen molar-refractivity contribution in [2.24, 2.45) is 0 Å². The lowest BCUT2D eigenvalue weighted by atomic mass is 9.82. The van der Waals surface area contributed by atoms with E-state index in [1.54, 1.807) is 0 Å². The zero-order chi connectivity index (χ0) is 29.1. The van der Waals surface area contributed by atoms with Gasteiger partial charge in [0.15, 0.2) is 0 Å². The highest BCUT2D eigenvalue weighted by atomic mass is 15.1. The fourth-order valence-corrected chi connectivity index (χ4v) is 6.05. The van der Waals surface area contributed by atoms with Crippen molar-refractivity contribution in [3.8, 4) is 11.1 Å². The molecule has 5 aromatic carbocycles. The predicted molar refractivity (Wildman–Crippen MR) is 180 cm³/mol. The summed E-state index contributed by atoms with van der Waals surface area (Å²) in [5, 5.41) is 0. The maximum absolute atomic E-state index is 4.15. The van der Waals surface area contributed by atoms with Gasteiger partial charge >= 0.3 is 0 Å². The molecule has 0 atom stereocenters. The van der Waals surface area contributed by atoms with E-state index in [1.807, 2.05) is 19.1 Å². The zero-order valence-electron chi connectivity index (χ0n) is 24.5. The molecule has 0 aliphatic heterocycles. The molecule has 2 nitrogen and oxygen atoms in total. The molecule has 0 bridgehead atoms. The summed E-state index contributed by atoms with van der Waals surface area (Å²) in [6.45, 7) is 10.9. The van der Waals surface area contributed by atoms with Crippen molar-refractivity contribution in [3.63, 3.8) is 0 Å². The first-order valence-corrected chi connectivity index (χ1v) is 14.5. The van der Waals surface area contributed by atoms with Crippen molar-refractivity contribution >= 4 is 28.4 Å². The number of fused-ring (bicyclic) bond motifs is 3. The van der Waals surface area contributed by atoms with E-state index in [0.29, 0.717) is 0 Å². The number of allylic oxidation sites excluding steroid dienone is 4. The lowest BCUT2D eigenvalue weighted by molar-refractivity contribution is 0.660. The van der Waals surface area contributed by atoms with Crippen LogP contribution in [0.5, 0.6) is 0 Å². The van der Waals surface area contributed by atoms with E-state index in [-0.39, 0.29) is 5.41 Å². The van der Waals surface area contributed by atoms with Crippen LogP contribution in [0.15, 0.2) is 164 Å². The Hall–Kier alpha value is -5.08. The Kier molecular flexibility index (Phi) is 7.37. The van der Waals surface area contributed by atoms with Crippen molar-refractivity contribution < 1.29 is 0 Å². The molecule has 0 N–H and O–H groups in total. The van der Waals surface area contributed by atoms with Gasteiger partial charge < -0.3 is 9.80 Å². The Morgan fingerprint density at radius 2 is 1.07 bits per heavy atom. The number of rotatable bonds is 8. The van der Waals surface area contributed by atoms with Gasteiger partial charge in [0.25, 0.3) is 0 Å². The molecule has 42 heavy (non-hydrogen) atoms. The molecule has 0 unspecified atom stereocenters. The van der Waals surface area contributed by atoms with Crippen LogP contribution in [0.4, 0.5) is 28.4 Å². The minimum atomic E-state index is -0.181. The molecule has 0 radical (unpaired) electrons.